The first kappa shape index (κ1) is 16.2. The predicted octanol–water partition coefficient (Wildman–Crippen LogP) is 2.00. The summed E-state index contributed by atoms with van der Waals surface area (Å²) in [6.45, 7) is 10.2. The van der Waals surface area contributed by atoms with Gasteiger partial charge in [0.05, 0.1) is 6.61 Å². The Bertz CT molecular complexity index is 460. The van der Waals surface area contributed by atoms with Crippen LogP contribution in [0, 0.1) is 20.8 Å². The topological polar surface area (TPSA) is 49.8 Å². The zero-order valence-electron chi connectivity index (χ0n) is 12.5. The lowest BCUT2D eigenvalue weighted by Gasteiger charge is -2.21. The van der Waals surface area contributed by atoms with Gasteiger partial charge in [0.25, 0.3) is 5.91 Å². The number of aliphatic hydroxyl groups is 1. The number of hydrogen-bond donors (Lipinski definition) is 1. The number of nitrogens with zero attached hydrogens (tertiary/aromatic N) is 1. The highest BCUT2D eigenvalue weighted by Crippen LogP contribution is 2.24. The van der Waals surface area contributed by atoms with E-state index in [1.54, 1.807) is 6.08 Å². The van der Waals surface area contributed by atoms with Gasteiger partial charge in [-0.1, -0.05) is 23.8 Å². The van der Waals surface area contributed by atoms with E-state index in [-0.39, 0.29) is 19.1 Å². The van der Waals surface area contributed by atoms with Crippen LogP contribution in [0.1, 0.15) is 16.7 Å². The van der Waals surface area contributed by atoms with Crippen molar-refractivity contribution in [2.75, 3.05) is 26.3 Å². The van der Waals surface area contributed by atoms with E-state index in [9.17, 15) is 4.79 Å². The molecule has 0 aliphatic rings. The van der Waals surface area contributed by atoms with Gasteiger partial charge in [-0.25, -0.2) is 0 Å². The van der Waals surface area contributed by atoms with Crippen molar-refractivity contribution in [2.24, 2.45) is 0 Å². The molecule has 0 spiro atoms. The first-order valence-corrected chi connectivity index (χ1v) is 6.69. The maximum Gasteiger partial charge on any atom is 0.260 e. The molecular weight excluding hydrogens is 254 g/mol. The predicted molar refractivity (Wildman–Crippen MR) is 80.0 cm³/mol. The molecule has 1 rings (SSSR count). The SMILES string of the molecule is C=CCN(CCO)C(=O)COc1c(C)cc(C)cc1C. The summed E-state index contributed by atoms with van der Waals surface area (Å²) in [7, 11) is 0. The summed E-state index contributed by atoms with van der Waals surface area (Å²) in [5, 5.41) is 8.95. The van der Waals surface area contributed by atoms with Crippen LogP contribution in [0.5, 0.6) is 5.75 Å². The Morgan fingerprint density at radius 3 is 2.45 bits per heavy atom. The summed E-state index contributed by atoms with van der Waals surface area (Å²) in [6.07, 6.45) is 1.63. The molecule has 20 heavy (non-hydrogen) atoms. The molecule has 1 aromatic carbocycles. The molecule has 0 atom stereocenters. The van der Waals surface area contributed by atoms with E-state index in [0.717, 1.165) is 16.9 Å². The first-order chi connectivity index (χ1) is 9.49. The zero-order chi connectivity index (χ0) is 15.1. The molecule has 0 fully saturated rings. The van der Waals surface area contributed by atoms with E-state index in [1.165, 1.54) is 10.5 Å². The van der Waals surface area contributed by atoms with Crippen molar-refractivity contribution >= 4 is 5.91 Å². The van der Waals surface area contributed by atoms with E-state index < -0.39 is 0 Å². The number of amides is 1. The number of rotatable bonds is 7. The third-order valence-corrected chi connectivity index (χ3v) is 3.02. The number of aliphatic hydroxyl groups excluding tert-OH is 1. The quantitative estimate of drug-likeness (QED) is 0.776. The molecule has 4 heteroatoms. The largest absolute Gasteiger partial charge is 0.483 e. The van der Waals surface area contributed by atoms with Crippen molar-refractivity contribution < 1.29 is 14.6 Å². The second kappa shape index (κ2) is 7.70. The van der Waals surface area contributed by atoms with Gasteiger partial charge >= 0.3 is 0 Å². The molecule has 0 radical (unpaired) electrons. The Labute approximate surface area is 120 Å². The fourth-order valence-electron chi connectivity index (χ4n) is 2.21. The molecule has 0 unspecified atom stereocenters. The lowest BCUT2D eigenvalue weighted by molar-refractivity contribution is -0.133. The van der Waals surface area contributed by atoms with E-state index in [0.29, 0.717) is 13.1 Å². The van der Waals surface area contributed by atoms with Gasteiger partial charge in [0.1, 0.15) is 5.75 Å². The molecule has 0 aliphatic heterocycles. The van der Waals surface area contributed by atoms with Crippen LogP contribution in [-0.4, -0.2) is 42.2 Å². The fourth-order valence-corrected chi connectivity index (χ4v) is 2.21. The second-order valence-corrected chi connectivity index (χ2v) is 4.87. The number of carbonyl (C=O) groups excluding carboxylic acids is 1. The van der Waals surface area contributed by atoms with Crippen molar-refractivity contribution in [3.05, 3.63) is 41.5 Å². The summed E-state index contributed by atoms with van der Waals surface area (Å²) >= 11 is 0. The van der Waals surface area contributed by atoms with E-state index >= 15 is 0 Å². The third kappa shape index (κ3) is 4.38. The molecule has 0 aliphatic carbocycles. The molecule has 110 valence electrons. The maximum absolute atomic E-state index is 12.0. The lowest BCUT2D eigenvalue weighted by atomic mass is 10.1. The molecular formula is C16H23NO3. The van der Waals surface area contributed by atoms with Crippen molar-refractivity contribution in [3.8, 4) is 5.75 Å². The minimum absolute atomic E-state index is 0.0292. The van der Waals surface area contributed by atoms with Crippen LogP contribution in [0.3, 0.4) is 0 Å². The van der Waals surface area contributed by atoms with Gasteiger partial charge in [0.2, 0.25) is 0 Å². The van der Waals surface area contributed by atoms with Gasteiger partial charge in [0, 0.05) is 13.1 Å². The Morgan fingerprint density at radius 2 is 1.95 bits per heavy atom. The molecule has 0 aromatic heterocycles. The molecule has 1 N–H and O–H groups in total. The summed E-state index contributed by atoms with van der Waals surface area (Å²) in [4.78, 5) is 13.5. The molecule has 0 heterocycles. The lowest BCUT2D eigenvalue weighted by Crippen LogP contribution is -2.37. The molecule has 1 amide bonds. The average molecular weight is 277 g/mol. The summed E-state index contributed by atoms with van der Waals surface area (Å²) in [5.74, 6) is 0.602. The van der Waals surface area contributed by atoms with Crippen LogP contribution < -0.4 is 4.74 Å². The van der Waals surface area contributed by atoms with Gasteiger partial charge in [-0.2, -0.15) is 0 Å². The first-order valence-electron chi connectivity index (χ1n) is 6.69. The van der Waals surface area contributed by atoms with Crippen molar-refractivity contribution in [2.45, 2.75) is 20.8 Å². The fraction of sp³-hybridized carbons (Fsp3) is 0.438. The van der Waals surface area contributed by atoms with E-state index in [1.807, 2.05) is 32.9 Å². The van der Waals surface area contributed by atoms with E-state index in [4.69, 9.17) is 9.84 Å². The molecule has 1 aromatic rings. The van der Waals surface area contributed by atoms with Gasteiger partial charge in [-0.15, -0.1) is 6.58 Å². The number of aryl methyl sites for hydroxylation is 3. The smallest absolute Gasteiger partial charge is 0.260 e. The Kier molecular flexibility index (Phi) is 6.25. The Hall–Kier alpha value is -1.81. The Balaban J connectivity index is 2.71. The van der Waals surface area contributed by atoms with Crippen LogP contribution in [0.2, 0.25) is 0 Å². The molecule has 0 bridgehead atoms. The van der Waals surface area contributed by atoms with Gasteiger partial charge in [-0.3, -0.25) is 4.79 Å². The zero-order valence-corrected chi connectivity index (χ0v) is 12.5. The normalized spacial score (nSPS) is 10.2. The van der Waals surface area contributed by atoms with Crippen LogP contribution in [-0.2, 0) is 4.79 Å². The summed E-state index contributed by atoms with van der Waals surface area (Å²) < 4.78 is 5.65. The van der Waals surface area contributed by atoms with E-state index in [2.05, 4.69) is 6.58 Å². The monoisotopic (exact) mass is 277 g/mol. The highest BCUT2D eigenvalue weighted by molar-refractivity contribution is 5.78. The second-order valence-electron chi connectivity index (χ2n) is 4.87. The summed E-state index contributed by atoms with van der Waals surface area (Å²) in [6, 6.07) is 4.06. The molecule has 0 saturated heterocycles. The maximum atomic E-state index is 12.0. The van der Waals surface area contributed by atoms with Crippen molar-refractivity contribution in [1.29, 1.82) is 0 Å². The van der Waals surface area contributed by atoms with Crippen molar-refractivity contribution in [3.63, 3.8) is 0 Å². The van der Waals surface area contributed by atoms with Crippen LogP contribution in [0.15, 0.2) is 24.8 Å². The number of hydrogen-bond acceptors (Lipinski definition) is 3. The van der Waals surface area contributed by atoms with Gasteiger partial charge < -0.3 is 14.7 Å². The van der Waals surface area contributed by atoms with Crippen molar-refractivity contribution in [1.82, 2.24) is 4.90 Å². The summed E-state index contributed by atoms with van der Waals surface area (Å²) in [5.41, 5.74) is 3.22. The Morgan fingerprint density at radius 1 is 1.35 bits per heavy atom. The minimum Gasteiger partial charge on any atom is -0.483 e. The van der Waals surface area contributed by atoms with Gasteiger partial charge in [0.15, 0.2) is 6.61 Å². The average Bonchev–Trinajstić information content (AvgIpc) is 2.37. The van der Waals surface area contributed by atoms with Crippen LogP contribution in [0.25, 0.3) is 0 Å². The van der Waals surface area contributed by atoms with Gasteiger partial charge in [-0.05, 0) is 31.9 Å². The highest BCUT2D eigenvalue weighted by atomic mass is 16.5. The van der Waals surface area contributed by atoms with Crippen LogP contribution in [0.4, 0.5) is 0 Å². The molecule has 4 nitrogen and oxygen atoms in total. The minimum atomic E-state index is -0.154. The number of benzene rings is 1. The third-order valence-electron chi connectivity index (χ3n) is 3.02. The highest BCUT2D eigenvalue weighted by Gasteiger charge is 2.14. The molecule has 0 saturated carbocycles. The van der Waals surface area contributed by atoms with Crippen LogP contribution >= 0.6 is 0 Å². The number of carbonyl (C=O) groups is 1. The standard InChI is InChI=1S/C16H23NO3/c1-5-6-17(7-8-18)15(19)11-20-16-13(3)9-12(2)10-14(16)4/h5,9-10,18H,1,6-8,11H2,2-4H3. The number of ether oxygens (including phenoxy) is 1.